The summed E-state index contributed by atoms with van der Waals surface area (Å²) in [4.78, 5) is 27.2. The molecule has 4 rings (SSSR count). The molecule has 0 bridgehead atoms. The molecular formula is C23H17N5O3. The minimum atomic E-state index is -0.991. The molecule has 0 spiro atoms. The van der Waals surface area contributed by atoms with Crippen LogP contribution in [0.4, 0.5) is 0 Å². The Morgan fingerprint density at radius 2 is 1.65 bits per heavy atom. The van der Waals surface area contributed by atoms with Gasteiger partial charge in [-0.2, -0.15) is 10.2 Å². The number of benzene rings is 2. The molecule has 4 aromatic rings. The third-order valence-electron chi connectivity index (χ3n) is 4.48. The highest BCUT2D eigenvalue weighted by atomic mass is 16.4. The molecule has 2 aromatic carbocycles. The first-order valence-corrected chi connectivity index (χ1v) is 9.34. The van der Waals surface area contributed by atoms with Crippen LogP contribution in [0.5, 0.6) is 0 Å². The van der Waals surface area contributed by atoms with E-state index in [1.54, 1.807) is 35.1 Å². The van der Waals surface area contributed by atoms with E-state index in [0.29, 0.717) is 22.5 Å². The van der Waals surface area contributed by atoms with E-state index < -0.39 is 5.97 Å². The van der Waals surface area contributed by atoms with E-state index in [1.165, 1.54) is 30.7 Å². The largest absolute Gasteiger partial charge is 0.478 e. The number of amides is 1. The topological polar surface area (TPSA) is 109 Å². The average Bonchev–Trinajstić information content (AvgIpc) is 3.24. The van der Waals surface area contributed by atoms with Crippen LogP contribution in [0.2, 0.25) is 0 Å². The van der Waals surface area contributed by atoms with Crippen molar-refractivity contribution in [2.75, 3.05) is 0 Å². The minimum absolute atomic E-state index is 0.194. The summed E-state index contributed by atoms with van der Waals surface area (Å²) in [5, 5.41) is 17.8. The van der Waals surface area contributed by atoms with Gasteiger partial charge in [0.1, 0.15) is 5.69 Å². The van der Waals surface area contributed by atoms with E-state index in [4.69, 9.17) is 5.11 Å². The highest BCUT2D eigenvalue weighted by Gasteiger charge is 2.12. The quantitative estimate of drug-likeness (QED) is 0.373. The number of carbonyl (C=O) groups excluding carboxylic acids is 1. The molecule has 0 radical (unpaired) electrons. The predicted molar refractivity (Wildman–Crippen MR) is 115 cm³/mol. The van der Waals surface area contributed by atoms with Crippen molar-refractivity contribution in [3.63, 3.8) is 0 Å². The Bertz CT molecular complexity index is 1230. The first kappa shape index (κ1) is 19.7. The van der Waals surface area contributed by atoms with Gasteiger partial charge in [-0.05, 0) is 36.4 Å². The highest BCUT2D eigenvalue weighted by molar-refractivity contribution is 5.95. The number of hydrogen-bond donors (Lipinski definition) is 2. The lowest BCUT2D eigenvalue weighted by Gasteiger charge is -2.02. The molecular weight excluding hydrogens is 394 g/mol. The zero-order valence-corrected chi connectivity index (χ0v) is 16.2. The Kier molecular flexibility index (Phi) is 5.62. The summed E-state index contributed by atoms with van der Waals surface area (Å²) in [6.45, 7) is 0. The van der Waals surface area contributed by atoms with Gasteiger partial charge in [-0.3, -0.25) is 9.78 Å². The zero-order chi connectivity index (χ0) is 21.6. The maximum Gasteiger partial charge on any atom is 0.335 e. The summed E-state index contributed by atoms with van der Waals surface area (Å²) in [6, 6.07) is 19.2. The van der Waals surface area contributed by atoms with E-state index >= 15 is 0 Å². The van der Waals surface area contributed by atoms with Crippen molar-refractivity contribution in [3.8, 4) is 16.9 Å². The molecule has 2 aromatic heterocycles. The second kappa shape index (κ2) is 8.83. The number of pyridine rings is 1. The van der Waals surface area contributed by atoms with Crippen LogP contribution in [0.25, 0.3) is 16.9 Å². The number of hydrogen-bond acceptors (Lipinski definition) is 5. The van der Waals surface area contributed by atoms with Gasteiger partial charge in [-0.1, -0.05) is 30.3 Å². The molecule has 0 saturated heterocycles. The number of aromatic carboxylic acids is 1. The monoisotopic (exact) mass is 411 g/mol. The molecule has 0 unspecified atom stereocenters. The molecule has 8 nitrogen and oxygen atoms in total. The number of aromatic nitrogens is 3. The zero-order valence-electron chi connectivity index (χ0n) is 16.2. The van der Waals surface area contributed by atoms with Crippen LogP contribution in [0.1, 0.15) is 26.3 Å². The van der Waals surface area contributed by atoms with Crippen LogP contribution < -0.4 is 5.43 Å². The fourth-order valence-electron chi connectivity index (χ4n) is 2.92. The van der Waals surface area contributed by atoms with Crippen LogP contribution in [-0.4, -0.2) is 38.0 Å². The molecule has 2 N–H and O–H groups in total. The Morgan fingerprint density at radius 3 is 2.32 bits per heavy atom. The predicted octanol–water partition coefficient (Wildman–Crippen LogP) is 3.40. The molecule has 0 fully saturated rings. The number of hydrazone groups is 1. The minimum Gasteiger partial charge on any atom is -0.478 e. The Balaban J connectivity index is 1.64. The first-order chi connectivity index (χ1) is 15.1. The molecule has 1 amide bonds. The Morgan fingerprint density at radius 1 is 0.935 bits per heavy atom. The lowest BCUT2D eigenvalue weighted by molar-refractivity contribution is 0.0696. The van der Waals surface area contributed by atoms with E-state index in [9.17, 15) is 9.59 Å². The normalized spacial score (nSPS) is 10.8. The Labute approximate surface area is 177 Å². The van der Waals surface area contributed by atoms with Gasteiger partial charge < -0.3 is 5.11 Å². The fraction of sp³-hybridized carbons (Fsp3) is 0. The van der Waals surface area contributed by atoms with Crippen LogP contribution in [0.15, 0.2) is 90.4 Å². The van der Waals surface area contributed by atoms with Gasteiger partial charge >= 0.3 is 5.97 Å². The van der Waals surface area contributed by atoms with E-state index in [-0.39, 0.29) is 11.5 Å². The molecule has 152 valence electrons. The first-order valence-electron chi connectivity index (χ1n) is 9.34. The van der Waals surface area contributed by atoms with Crippen LogP contribution in [0.3, 0.4) is 0 Å². The number of carboxylic acid groups (broad SMARTS) is 1. The van der Waals surface area contributed by atoms with Crippen molar-refractivity contribution in [2.24, 2.45) is 5.10 Å². The van der Waals surface area contributed by atoms with Gasteiger partial charge in [-0.25, -0.2) is 14.9 Å². The maximum atomic E-state index is 12.2. The summed E-state index contributed by atoms with van der Waals surface area (Å²) in [6.07, 6.45) is 6.36. The van der Waals surface area contributed by atoms with Crippen molar-refractivity contribution in [1.82, 2.24) is 20.2 Å². The lowest BCUT2D eigenvalue weighted by atomic mass is 10.1. The highest BCUT2D eigenvalue weighted by Crippen LogP contribution is 2.22. The summed E-state index contributed by atoms with van der Waals surface area (Å²) in [7, 11) is 0. The number of carbonyl (C=O) groups is 2. The lowest BCUT2D eigenvalue weighted by Crippen LogP contribution is -2.17. The van der Waals surface area contributed by atoms with E-state index in [0.717, 1.165) is 5.56 Å². The SMILES string of the molecule is O=C(O)c1ccc(-n2cc(/C=N/NC(=O)c3ccncc3)c(-c3ccccc3)n2)cc1. The van der Waals surface area contributed by atoms with Crippen molar-refractivity contribution in [1.29, 1.82) is 0 Å². The van der Waals surface area contributed by atoms with Crippen LogP contribution >= 0.6 is 0 Å². The molecule has 8 heteroatoms. The summed E-state index contributed by atoms with van der Waals surface area (Å²) < 4.78 is 1.64. The van der Waals surface area contributed by atoms with E-state index in [2.05, 4.69) is 20.6 Å². The van der Waals surface area contributed by atoms with Gasteiger partial charge in [0.2, 0.25) is 0 Å². The van der Waals surface area contributed by atoms with Crippen molar-refractivity contribution < 1.29 is 14.7 Å². The second-order valence-electron chi connectivity index (χ2n) is 6.53. The fourth-order valence-corrected chi connectivity index (χ4v) is 2.92. The number of nitrogens with zero attached hydrogens (tertiary/aromatic N) is 4. The number of rotatable bonds is 6. The van der Waals surface area contributed by atoms with Gasteiger partial charge in [0.25, 0.3) is 5.91 Å². The Hall–Kier alpha value is -4.59. The summed E-state index contributed by atoms with van der Waals surface area (Å²) in [5.41, 5.74) is 6.07. The van der Waals surface area contributed by atoms with E-state index in [1.807, 2.05) is 30.3 Å². The van der Waals surface area contributed by atoms with Gasteiger partial charge in [0.15, 0.2) is 0 Å². The second-order valence-corrected chi connectivity index (χ2v) is 6.53. The van der Waals surface area contributed by atoms with Crippen molar-refractivity contribution in [3.05, 3.63) is 102 Å². The molecule has 31 heavy (non-hydrogen) atoms. The van der Waals surface area contributed by atoms with Crippen LogP contribution in [-0.2, 0) is 0 Å². The van der Waals surface area contributed by atoms with Gasteiger partial charge in [0.05, 0.1) is 17.5 Å². The van der Waals surface area contributed by atoms with Crippen LogP contribution in [0, 0.1) is 0 Å². The molecule has 0 atom stereocenters. The van der Waals surface area contributed by atoms with Gasteiger partial charge in [0, 0.05) is 35.3 Å². The maximum absolute atomic E-state index is 12.2. The van der Waals surface area contributed by atoms with Gasteiger partial charge in [-0.15, -0.1) is 0 Å². The standard InChI is InChI=1S/C23H17N5O3/c29-22(17-10-12-24-13-11-17)26-25-14-19-15-28(20-8-6-18(7-9-20)23(30)31)27-21(19)16-4-2-1-3-5-16/h1-15H,(H,26,29)(H,30,31)/b25-14+. The molecule has 0 saturated carbocycles. The van der Waals surface area contributed by atoms with Crippen molar-refractivity contribution >= 4 is 18.1 Å². The molecule has 0 aliphatic heterocycles. The third kappa shape index (κ3) is 4.54. The molecule has 0 aliphatic rings. The molecule has 2 heterocycles. The summed E-state index contributed by atoms with van der Waals surface area (Å²) >= 11 is 0. The number of carboxylic acids is 1. The smallest absolute Gasteiger partial charge is 0.335 e. The number of nitrogens with one attached hydrogen (secondary N) is 1. The average molecular weight is 411 g/mol. The van der Waals surface area contributed by atoms with Crippen molar-refractivity contribution in [2.45, 2.75) is 0 Å². The third-order valence-corrected chi connectivity index (χ3v) is 4.48. The summed E-state index contributed by atoms with van der Waals surface area (Å²) in [5.74, 6) is -1.34. The molecule has 0 aliphatic carbocycles.